The number of benzene rings is 1. The number of ether oxygens (including phenoxy) is 1. The molecule has 1 aromatic rings. The largest absolute Gasteiger partial charge is 0.380 e. The molecule has 3 heteroatoms. The summed E-state index contributed by atoms with van der Waals surface area (Å²) in [5.41, 5.74) is 8.74. The number of nitrogens with two attached hydrogens (primary N) is 1. The van der Waals surface area contributed by atoms with Gasteiger partial charge in [0.15, 0.2) is 0 Å². The fourth-order valence-electron chi connectivity index (χ4n) is 3.35. The van der Waals surface area contributed by atoms with E-state index in [0.717, 1.165) is 6.54 Å². The molecule has 20 heavy (non-hydrogen) atoms. The number of hydrogen-bond donors (Lipinski definition) is 1. The highest BCUT2D eigenvalue weighted by Crippen LogP contribution is 2.29. The molecule has 1 aliphatic rings. The maximum atomic E-state index is 6.13. The second-order valence-electron chi connectivity index (χ2n) is 5.82. The minimum absolute atomic E-state index is 0.314. The summed E-state index contributed by atoms with van der Waals surface area (Å²) in [7, 11) is 1.75. The molecule has 1 heterocycles. The molecule has 0 bridgehead atoms. The molecule has 1 aliphatic heterocycles. The molecule has 2 N–H and O–H groups in total. The molecular weight excluding hydrogens is 248 g/mol. The van der Waals surface area contributed by atoms with Crippen molar-refractivity contribution in [2.75, 3.05) is 20.2 Å². The van der Waals surface area contributed by atoms with Crippen molar-refractivity contribution in [3.63, 3.8) is 0 Å². The van der Waals surface area contributed by atoms with Crippen molar-refractivity contribution in [1.29, 1.82) is 0 Å². The minimum atomic E-state index is 0.314. The van der Waals surface area contributed by atoms with Crippen LogP contribution in [0.4, 0.5) is 0 Å². The van der Waals surface area contributed by atoms with Gasteiger partial charge in [0.05, 0.1) is 6.61 Å². The predicted octanol–water partition coefficient (Wildman–Crippen LogP) is 3.10. The SMILES string of the molecule is COCc1ccccc1C(CN)N1CCCCCC1C. The van der Waals surface area contributed by atoms with Gasteiger partial charge in [-0.3, -0.25) is 4.90 Å². The normalized spacial score (nSPS) is 22.4. The van der Waals surface area contributed by atoms with Gasteiger partial charge in [-0.15, -0.1) is 0 Å². The number of likely N-dealkylation sites (tertiary alicyclic amines) is 1. The van der Waals surface area contributed by atoms with Crippen molar-refractivity contribution in [3.8, 4) is 0 Å². The van der Waals surface area contributed by atoms with E-state index in [-0.39, 0.29) is 0 Å². The third-order valence-corrected chi connectivity index (χ3v) is 4.44. The van der Waals surface area contributed by atoms with Gasteiger partial charge in [-0.05, 0) is 37.4 Å². The molecule has 0 amide bonds. The van der Waals surface area contributed by atoms with E-state index in [9.17, 15) is 0 Å². The van der Waals surface area contributed by atoms with Crippen molar-refractivity contribution < 1.29 is 4.74 Å². The Labute approximate surface area is 123 Å². The summed E-state index contributed by atoms with van der Waals surface area (Å²) in [6.07, 6.45) is 5.25. The molecule has 0 aliphatic carbocycles. The van der Waals surface area contributed by atoms with Gasteiger partial charge in [-0.2, -0.15) is 0 Å². The van der Waals surface area contributed by atoms with Crippen LogP contribution in [0.5, 0.6) is 0 Å². The van der Waals surface area contributed by atoms with Crippen molar-refractivity contribution in [2.45, 2.75) is 51.3 Å². The van der Waals surface area contributed by atoms with Crippen LogP contribution in [0.1, 0.15) is 49.8 Å². The maximum absolute atomic E-state index is 6.13. The van der Waals surface area contributed by atoms with Crippen LogP contribution in [0.2, 0.25) is 0 Å². The topological polar surface area (TPSA) is 38.5 Å². The lowest BCUT2D eigenvalue weighted by molar-refractivity contribution is 0.144. The van der Waals surface area contributed by atoms with Gasteiger partial charge in [0.25, 0.3) is 0 Å². The van der Waals surface area contributed by atoms with E-state index in [1.807, 2.05) is 0 Å². The van der Waals surface area contributed by atoms with Crippen LogP contribution in [-0.4, -0.2) is 31.1 Å². The summed E-state index contributed by atoms with van der Waals surface area (Å²) in [5, 5.41) is 0. The number of rotatable bonds is 5. The van der Waals surface area contributed by atoms with Gasteiger partial charge in [-0.25, -0.2) is 0 Å². The van der Waals surface area contributed by atoms with E-state index in [1.165, 1.54) is 36.8 Å². The van der Waals surface area contributed by atoms with Crippen LogP contribution < -0.4 is 5.73 Å². The molecule has 3 nitrogen and oxygen atoms in total. The predicted molar refractivity (Wildman–Crippen MR) is 83.6 cm³/mol. The van der Waals surface area contributed by atoms with Crippen molar-refractivity contribution in [1.82, 2.24) is 4.90 Å². The lowest BCUT2D eigenvalue weighted by Crippen LogP contribution is -2.40. The third-order valence-electron chi connectivity index (χ3n) is 4.44. The monoisotopic (exact) mass is 276 g/mol. The van der Waals surface area contributed by atoms with Gasteiger partial charge in [0, 0.05) is 25.7 Å². The molecule has 0 aromatic heterocycles. The third kappa shape index (κ3) is 3.60. The van der Waals surface area contributed by atoms with E-state index in [1.54, 1.807) is 7.11 Å². The zero-order valence-electron chi connectivity index (χ0n) is 12.8. The Morgan fingerprint density at radius 2 is 2.10 bits per heavy atom. The van der Waals surface area contributed by atoms with Crippen molar-refractivity contribution in [3.05, 3.63) is 35.4 Å². The average Bonchev–Trinajstić information content (AvgIpc) is 2.67. The standard InChI is InChI=1S/C17H28N2O/c1-14-8-4-3-7-11-19(14)17(12-18)16-10-6-5-9-15(16)13-20-2/h5-6,9-10,14,17H,3-4,7-8,11-13,18H2,1-2H3. The zero-order valence-corrected chi connectivity index (χ0v) is 12.8. The molecule has 0 radical (unpaired) electrons. The zero-order chi connectivity index (χ0) is 14.4. The molecule has 1 fully saturated rings. The molecule has 1 aromatic carbocycles. The summed E-state index contributed by atoms with van der Waals surface area (Å²) < 4.78 is 5.34. The van der Waals surface area contributed by atoms with E-state index in [0.29, 0.717) is 25.2 Å². The van der Waals surface area contributed by atoms with Crippen molar-refractivity contribution >= 4 is 0 Å². The van der Waals surface area contributed by atoms with Crippen LogP contribution in [0.25, 0.3) is 0 Å². The smallest absolute Gasteiger partial charge is 0.0716 e. The van der Waals surface area contributed by atoms with E-state index >= 15 is 0 Å². The maximum Gasteiger partial charge on any atom is 0.0716 e. The Bertz CT molecular complexity index is 408. The fourth-order valence-corrected chi connectivity index (χ4v) is 3.35. The van der Waals surface area contributed by atoms with Gasteiger partial charge >= 0.3 is 0 Å². The van der Waals surface area contributed by atoms with Crippen molar-refractivity contribution in [2.24, 2.45) is 5.73 Å². The molecule has 0 saturated carbocycles. The summed E-state index contributed by atoms with van der Waals surface area (Å²) in [5.74, 6) is 0. The highest BCUT2D eigenvalue weighted by Gasteiger charge is 2.26. The summed E-state index contributed by atoms with van der Waals surface area (Å²) >= 11 is 0. The Kier molecular flexibility index (Phi) is 6.02. The number of nitrogens with zero attached hydrogens (tertiary/aromatic N) is 1. The number of methoxy groups -OCH3 is 1. The van der Waals surface area contributed by atoms with Gasteiger partial charge in [-0.1, -0.05) is 37.1 Å². The number of hydrogen-bond acceptors (Lipinski definition) is 3. The summed E-state index contributed by atoms with van der Waals surface area (Å²) in [6, 6.07) is 9.49. The molecule has 2 unspecified atom stereocenters. The Balaban J connectivity index is 2.26. The van der Waals surface area contributed by atoms with Gasteiger partial charge in [0.2, 0.25) is 0 Å². The molecule has 2 atom stereocenters. The summed E-state index contributed by atoms with van der Waals surface area (Å²) in [4.78, 5) is 2.60. The first-order valence-corrected chi connectivity index (χ1v) is 7.80. The summed E-state index contributed by atoms with van der Waals surface area (Å²) in [6.45, 7) is 4.83. The first-order valence-electron chi connectivity index (χ1n) is 7.80. The van der Waals surface area contributed by atoms with E-state index < -0.39 is 0 Å². The lowest BCUT2D eigenvalue weighted by Gasteiger charge is -2.36. The first-order chi connectivity index (χ1) is 9.77. The van der Waals surface area contributed by atoms with Crippen LogP contribution >= 0.6 is 0 Å². The Morgan fingerprint density at radius 3 is 2.85 bits per heavy atom. The average molecular weight is 276 g/mol. The molecule has 1 saturated heterocycles. The van der Waals surface area contributed by atoms with Crippen LogP contribution in [0.3, 0.4) is 0 Å². The van der Waals surface area contributed by atoms with Gasteiger partial charge < -0.3 is 10.5 Å². The van der Waals surface area contributed by atoms with Crippen LogP contribution in [0.15, 0.2) is 24.3 Å². The Hall–Kier alpha value is -0.900. The molecule has 0 spiro atoms. The first kappa shape index (κ1) is 15.5. The molecule has 112 valence electrons. The lowest BCUT2D eigenvalue weighted by atomic mass is 9.97. The van der Waals surface area contributed by atoms with Crippen LogP contribution in [-0.2, 0) is 11.3 Å². The van der Waals surface area contributed by atoms with E-state index in [2.05, 4.69) is 36.1 Å². The second-order valence-corrected chi connectivity index (χ2v) is 5.82. The van der Waals surface area contributed by atoms with Crippen LogP contribution in [0, 0.1) is 0 Å². The Morgan fingerprint density at radius 1 is 1.30 bits per heavy atom. The second kappa shape index (κ2) is 7.77. The highest BCUT2D eigenvalue weighted by molar-refractivity contribution is 5.30. The van der Waals surface area contributed by atoms with E-state index in [4.69, 9.17) is 10.5 Å². The minimum Gasteiger partial charge on any atom is -0.380 e. The molecule has 2 rings (SSSR count). The van der Waals surface area contributed by atoms with Gasteiger partial charge in [0.1, 0.15) is 0 Å². The quantitative estimate of drug-likeness (QED) is 0.898. The molecular formula is C17H28N2O. The fraction of sp³-hybridized carbons (Fsp3) is 0.647. The highest BCUT2D eigenvalue weighted by atomic mass is 16.5.